The number of carbonyl (C=O) groups is 2. The van der Waals surface area contributed by atoms with E-state index >= 15 is 0 Å². The van der Waals surface area contributed by atoms with E-state index in [4.69, 9.17) is 10.7 Å². The van der Waals surface area contributed by atoms with E-state index in [1.54, 1.807) is 27.6 Å². The van der Waals surface area contributed by atoms with Crippen molar-refractivity contribution in [3.8, 4) is 21.1 Å². The third kappa shape index (κ3) is 3.79. The number of hydrogen-bond donors (Lipinski definition) is 1. The number of amides is 2. The minimum Gasteiger partial charge on any atom is -0.369 e. The van der Waals surface area contributed by atoms with Crippen LogP contribution in [0.25, 0.3) is 21.1 Å². The average Bonchev–Trinajstić information content (AvgIpc) is 3.42. The van der Waals surface area contributed by atoms with Crippen molar-refractivity contribution in [3.05, 3.63) is 52.7 Å². The summed E-state index contributed by atoms with van der Waals surface area (Å²) in [6.45, 7) is 1.01. The summed E-state index contributed by atoms with van der Waals surface area (Å²) < 4.78 is 0. The predicted octanol–water partition coefficient (Wildman–Crippen LogP) is 3.41. The van der Waals surface area contributed by atoms with Crippen LogP contribution >= 0.6 is 22.7 Å². The number of primary amides is 1. The Hall–Kier alpha value is -2.51. The fraction of sp³-hybridized carbons (Fsp3) is 0.250. The second-order valence-corrected chi connectivity index (χ2v) is 8.57. The van der Waals surface area contributed by atoms with E-state index < -0.39 is 0 Å². The lowest BCUT2D eigenvalue weighted by molar-refractivity contribution is -0.129. The van der Waals surface area contributed by atoms with Crippen LogP contribution in [0.5, 0.6) is 0 Å². The third-order valence-electron chi connectivity index (χ3n) is 4.73. The first-order valence-electron chi connectivity index (χ1n) is 8.78. The number of carbonyl (C=O) groups excluding carboxylic acids is 2. The minimum absolute atomic E-state index is 0.0276. The van der Waals surface area contributed by atoms with Crippen LogP contribution in [-0.4, -0.2) is 34.8 Å². The highest BCUT2D eigenvalue weighted by atomic mass is 32.1. The van der Waals surface area contributed by atoms with Gasteiger partial charge in [-0.15, -0.1) is 22.7 Å². The van der Waals surface area contributed by atoms with E-state index in [1.807, 2.05) is 47.8 Å². The molecule has 1 fully saturated rings. The van der Waals surface area contributed by atoms with Gasteiger partial charge in [0.2, 0.25) is 11.8 Å². The van der Waals surface area contributed by atoms with Gasteiger partial charge < -0.3 is 10.6 Å². The Morgan fingerprint density at radius 3 is 2.67 bits per heavy atom. The number of rotatable bonds is 5. The van der Waals surface area contributed by atoms with Gasteiger partial charge in [0.15, 0.2) is 0 Å². The first-order chi connectivity index (χ1) is 13.1. The van der Waals surface area contributed by atoms with Crippen molar-refractivity contribution in [2.75, 3.05) is 13.1 Å². The van der Waals surface area contributed by atoms with Crippen molar-refractivity contribution < 1.29 is 9.59 Å². The summed E-state index contributed by atoms with van der Waals surface area (Å²) in [5, 5.41) is 2.93. The van der Waals surface area contributed by atoms with Gasteiger partial charge in [-0.2, -0.15) is 0 Å². The van der Waals surface area contributed by atoms with Crippen molar-refractivity contribution in [1.29, 1.82) is 0 Å². The van der Waals surface area contributed by atoms with Crippen molar-refractivity contribution in [3.63, 3.8) is 0 Å². The average molecular weight is 398 g/mol. The molecule has 3 aromatic rings. The van der Waals surface area contributed by atoms with E-state index in [1.165, 1.54) is 0 Å². The topological polar surface area (TPSA) is 76.3 Å². The Bertz CT molecular complexity index is 951. The van der Waals surface area contributed by atoms with Crippen LogP contribution in [0.1, 0.15) is 11.3 Å². The number of aromatic nitrogens is 1. The number of benzene rings is 1. The summed E-state index contributed by atoms with van der Waals surface area (Å²) >= 11 is 3.18. The maximum atomic E-state index is 12.8. The molecule has 1 aliphatic heterocycles. The quantitative estimate of drug-likeness (QED) is 0.717. The van der Waals surface area contributed by atoms with Crippen LogP contribution in [0.3, 0.4) is 0 Å². The highest BCUT2D eigenvalue weighted by Crippen LogP contribution is 2.36. The molecule has 0 radical (unpaired) electrons. The molecule has 0 spiro atoms. The molecule has 1 unspecified atom stereocenters. The molecule has 4 rings (SSSR count). The smallest absolute Gasteiger partial charge is 0.227 e. The summed E-state index contributed by atoms with van der Waals surface area (Å²) in [4.78, 5) is 32.8. The van der Waals surface area contributed by atoms with Crippen LogP contribution in [0.15, 0.2) is 47.8 Å². The maximum Gasteiger partial charge on any atom is 0.227 e. The largest absolute Gasteiger partial charge is 0.369 e. The molecule has 0 bridgehead atoms. The number of hydrogen-bond acceptors (Lipinski definition) is 5. The third-order valence-corrected chi connectivity index (χ3v) is 6.71. The summed E-state index contributed by atoms with van der Waals surface area (Å²) in [5.41, 5.74) is 7.32. The summed E-state index contributed by atoms with van der Waals surface area (Å²) in [6, 6.07) is 14.0. The van der Waals surface area contributed by atoms with Crippen LogP contribution in [0.2, 0.25) is 0 Å². The molecule has 1 atom stereocenters. The fourth-order valence-corrected chi connectivity index (χ4v) is 5.13. The standard InChI is InChI=1S/C20H19N3O2S2/c21-19(25)14-8-9-23(12-14)17(24)11-16-18(15-7-4-10-26-15)22-20(27-16)13-5-2-1-3-6-13/h1-7,10,14H,8-9,11-12H2,(H2,21,25). The number of thiophene rings is 1. The lowest BCUT2D eigenvalue weighted by atomic mass is 10.1. The molecule has 2 N–H and O–H groups in total. The molecule has 1 aromatic carbocycles. The van der Waals surface area contributed by atoms with Gasteiger partial charge in [0.1, 0.15) is 5.01 Å². The van der Waals surface area contributed by atoms with E-state index in [0.717, 1.165) is 26.0 Å². The van der Waals surface area contributed by atoms with Crippen molar-refractivity contribution >= 4 is 34.5 Å². The lowest BCUT2D eigenvalue weighted by Crippen LogP contribution is -2.32. The van der Waals surface area contributed by atoms with Crippen molar-refractivity contribution in [1.82, 2.24) is 9.88 Å². The molecule has 2 amide bonds. The van der Waals surface area contributed by atoms with Gasteiger partial charge in [-0.1, -0.05) is 36.4 Å². The van der Waals surface area contributed by atoms with Crippen LogP contribution in [0, 0.1) is 5.92 Å². The normalized spacial score (nSPS) is 16.6. The zero-order chi connectivity index (χ0) is 18.8. The van der Waals surface area contributed by atoms with E-state index in [2.05, 4.69) is 0 Å². The van der Waals surface area contributed by atoms with Gasteiger partial charge in [-0.05, 0) is 17.9 Å². The number of likely N-dealkylation sites (tertiary alicyclic amines) is 1. The number of nitrogens with two attached hydrogens (primary N) is 1. The molecule has 0 aliphatic carbocycles. The molecule has 5 nitrogen and oxygen atoms in total. The number of nitrogens with zero attached hydrogens (tertiary/aromatic N) is 2. The molecule has 2 aromatic heterocycles. The van der Waals surface area contributed by atoms with Gasteiger partial charge in [0.05, 0.1) is 22.9 Å². The SMILES string of the molecule is NC(=O)C1CCN(C(=O)Cc2sc(-c3ccccc3)nc2-c2cccs2)C1. The minimum atomic E-state index is -0.325. The summed E-state index contributed by atoms with van der Waals surface area (Å²) in [7, 11) is 0. The van der Waals surface area contributed by atoms with Gasteiger partial charge in [0.25, 0.3) is 0 Å². The molecule has 138 valence electrons. The summed E-state index contributed by atoms with van der Waals surface area (Å²) in [5.74, 6) is -0.527. The van der Waals surface area contributed by atoms with Gasteiger partial charge in [-0.25, -0.2) is 4.98 Å². The molecular formula is C20H19N3O2S2. The van der Waals surface area contributed by atoms with Gasteiger partial charge >= 0.3 is 0 Å². The zero-order valence-corrected chi connectivity index (χ0v) is 16.3. The lowest BCUT2D eigenvalue weighted by Gasteiger charge is -2.15. The highest BCUT2D eigenvalue weighted by molar-refractivity contribution is 7.17. The number of thiazole rings is 1. The van der Waals surface area contributed by atoms with Crippen molar-refractivity contribution in [2.45, 2.75) is 12.8 Å². The zero-order valence-electron chi connectivity index (χ0n) is 14.6. The monoisotopic (exact) mass is 397 g/mol. The highest BCUT2D eigenvalue weighted by Gasteiger charge is 2.30. The molecule has 0 saturated carbocycles. The van der Waals surface area contributed by atoms with Crippen LogP contribution < -0.4 is 5.73 Å². The second kappa shape index (κ2) is 7.62. The Balaban J connectivity index is 1.61. The van der Waals surface area contributed by atoms with Crippen LogP contribution in [-0.2, 0) is 16.0 Å². The Morgan fingerprint density at radius 1 is 1.19 bits per heavy atom. The molecule has 7 heteroatoms. The van der Waals surface area contributed by atoms with E-state index in [9.17, 15) is 9.59 Å². The van der Waals surface area contributed by atoms with E-state index in [-0.39, 0.29) is 17.7 Å². The molecule has 1 aliphatic rings. The van der Waals surface area contributed by atoms with Crippen LogP contribution in [0.4, 0.5) is 0 Å². The Kier molecular flexibility index (Phi) is 5.05. The second-order valence-electron chi connectivity index (χ2n) is 6.54. The molecule has 27 heavy (non-hydrogen) atoms. The van der Waals surface area contributed by atoms with Gasteiger partial charge in [0, 0.05) is 23.5 Å². The summed E-state index contributed by atoms with van der Waals surface area (Å²) in [6.07, 6.45) is 0.944. The maximum absolute atomic E-state index is 12.8. The molecule has 3 heterocycles. The molecular weight excluding hydrogens is 378 g/mol. The molecule has 1 saturated heterocycles. The Labute approximate surface area is 165 Å². The first-order valence-corrected chi connectivity index (χ1v) is 10.5. The Morgan fingerprint density at radius 2 is 2.00 bits per heavy atom. The fourth-order valence-electron chi connectivity index (χ4n) is 3.25. The van der Waals surface area contributed by atoms with E-state index in [0.29, 0.717) is 25.9 Å². The predicted molar refractivity (Wildman–Crippen MR) is 108 cm³/mol. The first kappa shape index (κ1) is 17.9. The van der Waals surface area contributed by atoms with Gasteiger partial charge in [-0.3, -0.25) is 9.59 Å². The van der Waals surface area contributed by atoms with Crippen molar-refractivity contribution in [2.24, 2.45) is 11.7 Å².